The van der Waals surface area contributed by atoms with Gasteiger partial charge in [-0.05, 0) is 47.9 Å². The predicted octanol–water partition coefficient (Wildman–Crippen LogP) is 5.60. The van der Waals surface area contributed by atoms with Crippen molar-refractivity contribution in [2.45, 2.75) is 31.9 Å². The van der Waals surface area contributed by atoms with Gasteiger partial charge in [-0.2, -0.15) is 0 Å². The van der Waals surface area contributed by atoms with Crippen LogP contribution in [0.5, 0.6) is 0 Å². The van der Waals surface area contributed by atoms with Gasteiger partial charge in [0, 0.05) is 23.9 Å². The van der Waals surface area contributed by atoms with Gasteiger partial charge in [-0.15, -0.1) is 0 Å². The topological polar surface area (TPSA) is 14.2 Å². The van der Waals surface area contributed by atoms with Crippen LogP contribution < -0.4 is 0 Å². The smallest absolute Gasteiger partial charge is 0.108 e. The molecular weight excluding hydrogens is 306 g/mol. The van der Waals surface area contributed by atoms with E-state index in [1.54, 1.807) is 0 Å². The van der Waals surface area contributed by atoms with Crippen molar-refractivity contribution in [3.63, 3.8) is 0 Å². The van der Waals surface area contributed by atoms with E-state index in [1.807, 2.05) is 0 Å². The molecule has 2 heteroatoms. The molecule has 2 atom stereocenters. The fourth-order valence-corrected chi connectivity index (χ4v) is 5.36. The Morgan fingerprint density at radius 1 is 0.880 bits per heavy atom. The molecule has 0 radical (unpaired) electrons. The van der Waals surface area contributed by atoms with Crippen LogP contribution >= 0.6 is 0 Å². The monoisotopic (exact) mass is 327 g/mol. The Labute approximate surface area is 147 Å². The van der Waals surface area contributed by atoms with Crippen LogP contribution in [0.15, 0.2) is 54.6 Å². The summed E-state index contributed by atoms with van der Waals surface area (Å²) in [6.45, 7) is 4.30. The number of benzene rings is 3. The first kappa shape index (κ1) is 13.9. The molecule has 6 rings (SSSR count). The van der Waals surface area contributed by atoms with Gasteiger partial charge in [-0.25, -0.2) is 0 Å². The number of nitrogens with zero attached hydrogens (tertiary/aromatic N) is 1. The first-order valence-electron chi connectivity index (χ1n) is 9.34. The van der Waals surface area contributed by atoms with Gasteiger partial charge in [0.25, 0.3) is 0 Å². The lowest BCUT2D eigenvalue weighted by Crippen LogP contribution is -2.36. The van der Waals surface area contributed by atoms with E-state index >= 15 is 0 Å². The van der Waals surface area contributed by atoms with Crippen molar-refractivity contribution in [3.05, 3.63) is 60.3 Å². The van der Waals surface area contributed by atoms with E-state index in [9.17, 15) is 0 Å². The molecule has 2 nitrogen and oxygen atoms in total. The first-order chi connectivity index (χ1) is 12.3. The van der Waals surface area contributed by atoms with Crippen molar-refractivity contribution >= 4 is 32.4 Å². The molecular formula is C23H21NO. The van der Waals surface area contributed by atoms with E-state index in [4.69, 9.17) is 4.74 Å². The van der Waals surface area contributed by atoms with Crippen LogP contribution in [-0.2, 0) is 16.9 Å². The van der Waals surface area contributed by atoms with E-state index in [2.05, 4.69) is 66.1 Å². The third-order valence-corrected chi connectivity index (χ3v) is 6.64. The molecule has 0 amide bonds. The van der Waals surface area contributed by atoms with Crippen molar-refractivity contribution in [2.24, 2.45) is 5.92 Å². The second kappa shape index (κ2) is 4.64. The summed E-state index contributed by atoms with van der Waals surface area (Å²) in [5.41, 5.74) is 2.64. The highest BCUT2D eigenvalue weighted by atomic mass is 16.5. The quantitative estimate of drug-likeness (QED) is 0.383. The molecule has 25 heavy (non-hydrogen) atoms. The highest BCUT2D eigenvalue weighted by Gasteiger charge is 2.46. The van der Waals surface area contributed by atoms with Gasteiger partial charge < -0.3 is 9.30 Å². The van der Waals surface area contributed by atoms with Crippen LogP contribution in [0.3, 0.4) is 0 Å². The van der Waals surface area contributed by atoms with Crippen molar-refractivity contribution in [1.29, 1.82) is 0 Å². The van der Waals surface area contributed by atoms with Crippen LogP contribution in [0.1, 0.15) is 25.5 Å². The van der Waals surface area contributed by atoms with Crippen LogP contribution in [0.4, 0.5) is 0 Å². The lowest BCUT2D eigenvalue weighted by Gasteiger charge is -2.36. The summed E-state index contributed by atoms with van der Waals surface area (Å²) < 4.78 is 8.85. The maximum Gasteiger partial charge on any atom is 0.108 e. The van der Waals surface area contributed by atoms with Crippen LogP contribution in [0, 0.1) is 5.92 Å². The molecule has 4 aromatic rings. The van der Waals surface area contributed by atoms with Crippen LogP contribution in [0.2, 0.25) is 0 Å². The second-order valence-corrected chi connectivity index (χ2v) is 7.76. The third-order valence-electron chi connectivity index (χ3n) is 6.64. The van der Waals surface area contributed by atoms with E-state index < -0.39 is 0 Å². The molecule has 0 bridgehead atoms. The molecule has 2 aliphatic heterocycles. The fourth-order valence-electron chi connectivity index (χ4n) is 5.36. The number of fused-ring (bicyclic) bond motifs is 10. The molecule has 3 heterocycles. The first-order valence-corrected chi connectivity index (χ1v) is 9.34. The lowest BCUT2D eigenvalue weighted by atomic mass is 9.81. The van der Waals surface area contributed by atoms with Gasteiger partial charge in [0.05, 0.1) is 11.2 Å². The normalized spacial score (nSPS) is 25.6. The Balaban J connectivity index is 1.85. The fraction of sp³-hybridized carbons (Fsp3) is 0.304. The maximum absolute atomic E-state index is 6.30. The van der Waals surface area contributed by atoms with E-state index in [0.29, 0.717) is 5.92 Å². The van der Waals surface area contributed by atoms with Crippen LogP contribution in [-0.4, -0.2) is 11.2 Å². The van der Waals surface area contributed by atoms with Gasteiger partial charge >= 0.3 is 0 Å². The molecule has 2 aliphatic rings. The highest BCUT2D eigenvalue weighted by molar-refractivity contribution is 6.24. The number of rotatable bonds is 0. The predicted molar refractivity (Wildman–Crippen MR) is 103 cm³/mol. The molecule has 1 aromatic heterocycles. The van der Waals surface area contributed by atoms with E-state index in [-0.39, 0.29) is 5.60 Å². The summed E-state index contributed by atoms with van der Waals surface area (Å²) in [7, 11) is 0. The summed E-state index contributed by atoms with van der Waals surface area (Å²) in [6.07, 6.45) is 2.41. The average Bonchev–Trinajstić information content (AvgIpc) is 3.23. The summed E-state index contributed by atoms with van der Waals surface area (Å²) in [5, 5.41) is 6.80. The average molecular weight is 327 g/mol. The Morgan fingerprint density at radius 2 is 1.52 bits per heavy atom. The molecule has 0 N–H and O–H groups in total. The molecule has 1 fully saturated rings. The summed E-state index contributed by atoms with van der Waals surface area (Å²) in [4.78, 5) is 0. The minimum Gasteiger partial charge on any atom is -0.369 e. The molecule has 1 saturated heterocycles. The summed E-state index contributed by atoms with van der Waals surface area (Å²) in [5.74, 6) is 0.654. The molecule has 0 saturated carbocycles. The maximum atomic E-state index is 6.30. The Morgan fingerprint density at radius 3 is 2.28 bits per heavy atom. The largest absolute Gasteiger partial charge is 0.369 e. The number of aryl methyl sites for hydroxylation is 1. The number of aromatic nitrogens is 1. The van der Waals surface area contributed by atoms with Gasteiger partial charge in [0.2, 0.25) is 0 Å². The zero-order valence-corrected chi connectivity index (χ0v) is 14.5. The zero-order valence-electron chi connectivity index (χ0n) is 14.5. The number of ether oxygens (including phenoxy) is 1. The Bertz CT molecular complexity index is 1160. The molecule has 2 unspecified atom stereocenters. The minimum atomic E-state index is -0.126. The van der Waals surface area contributed by atoms with Gasteiger partial charge in [-0.3, -0.25) is 0 Å². The zero-order chi connectivity index (χ0) is 16.6. The van der Waals surface area contributed by atoms with Crippen molar-refractivity contribution in [2.75, 3.05) is 6.61 Å². The standard InChI is InChI=1S/C23H21NO/c1-23-15(11-13-25-23)10-12-24-21(23)14-20-18-8-3-2-6-16(18)17-7-4-5-9-19(17)22(20)24/h2-9,14-15H,10-13H2,1H3. The second-order valence-electron chi connectivity index (χ2n) is 7.76. The summed E-state index contributed by atoms with van der Waals surface area (Å²) >= 11 is 0. The molecule has 0 aliphatic carbocycles. The SMILES string of the molecule is CC12OCCC1CCn1c2cc2c3ccccc3c3ccccc3c21. The van der Waals surface area contributed by atoms with Crippen molar-refractivity contribution in [1.82, 2.24) is 4.57 Å². The van der Waals surface area contributed by atoms with Gasteiger partial charge in [0.1, 0.15) is 5.60 Å². The van der Waals surface area contributed by atoms with Gasteiger partial charge in [-0.1, -0.05) is 48.5 Å². The third kappa shape index (κ3) is 1.63. The van der Waals surface area contributed by atoms with E-state index in [1.165, 1.54) is 51.0 Å². The van der Waals surface area contributed by atoms with Gasteiger partial charge in [0.15, 0.2) is 0 Å². The summed E-state index contributed by atoms with van der Waals surface area (Å²) in [6, 6.07) is 20.1. The van der Waals surface area contributed by atoms with Crippen LogP contribution in [0.25, 0.3) is 32.4 Å². The number of hydrogen-bond donors (Lipinski definition) is 0. The van der Waals surface area contributed by atoms with Crippen molar-refractivity contribution in [3.8, 4) is 0 Å². The number of hydrogen-bond acceptors (Lipinski definition) is 1. The minimum absolute atomic E-state index is 0.126. The Kier molecular flexibility index (Phi) is 2.58. The molecule has 0 spiro atoms. The molecule has 3 aromatic carbocycles. The van der Waals surface area contributed by atoms with E-state index in [0.717, 1.165) is 13.2 Å². The highest BCUT2D eigenvalue weighted by Crippen LogP contribution is 2.49. The Hall–Kier alpha value is -2.32. The molecule has 124 valence electrons. The van der Waals surface area contributed by atoms with Crippen molar-refractivity contribution < 1.29 is 4.74 Å². The lowest BCUT2D eigenvalue weighted by molar-refractivity contribution is -0.0280.